The Labute approximate surface area is 199 Å². The van der Waals surface area contributed by atoms with E-state index in [1.165, 1.54) is 10.6 Å². The standard InChI is InChI=1S/C27H29N3O4/c1-7-24(31)29-20-9-10-23(34-25-17(4)11-16(3)12-18(25)5)21(14-20)19-13-22(26(32)28-8-2)27(33)30(6)15-19/h7,9-15H,1,8H2,2-6H3,(H,28,32)(H,29,31). The van der Waals surface area contributed by atoms with Crippen molar-refractivity contribution in [3.8, 4) is 22.6 Å². The number of carbonyl (C=O) groups excluding carboxylic acids is 2. The molecule has 0 aliphatic carbocycles. The molecule has 2 amide bonds. The minimum Gasteiger partial charge on any atom is -0.456 e. The lowest BCUT2D eigenvalue weighted by molar-refractivity contribution is -0.111. The van der Waals surface area contributed by atoms with Gasteiger partial charge in [-0.25, -0.2) is 0 Å². The predicted octanol–water partition coefficient (Wildman–Crippen LogP) is 4.64. The first kappa shape index (κ1) is 24.5. The molecule has 0 radical (unpaired) electrons. The van der Waals surface area contributed by atoms with Crippen molar-refractivity contribution in [2.45, 2.75) is 27.7 Å². The van der Waals surface area contributed by atoms with Gasteiger partial charge in [0.25, 0.3) is 11.5 Å². The van der Waals surface area contributed by atoms with Gasteiger partial charge < -0.3 is 19.9 Å². The van der Waals surface area contributed by atoms with Gasteiger partial charge in [-0.15, -0.1) is 0 Å². The summed E-state index contributed by atoms with van der Waals surface area (Å²) in [7, 11) is 1.59. The van der Waals surface area contributed by atoms with Crippen molar-refractivity contribution in [2.75, 3.05) is 11.9 Å². The third-order valence-electron chi connectivity index (χ3n) is 5.33. The molecule has 0 bridgehead atoms. The van der Waals surface area contributed by atoms with Crippen molar-refractivity contribution < 1.29 is 14.3 Å². The van der Waals surface area contributed by atoms with E-state index >= 15 is 0 Å². The second kappa shape index (κ2) is 10.2. The fourth-order valence-electron chi connectivity index (χ4n) is 3.83. The second-order valence-electron chi connectivity index (χ2n) is 8.15. The van der Waals surface area contributed by atoms with Crippen LogP contribution in [-0.4, -0.2) is 22.9 Å². The number of amides is 2. The van der Waals surface area contributed by atoms with Gasteiger partial charge in [0.2, 0.25) is 5.91 Å². The van der Waals surface area contributed by atoms with Crippen LogP contribution in [0.2, 0.25) is 0 Å². The fourth-order valence-corrected chi connectivity index (χ4v) is 3.83. The van der Waals surface area contributed by atoms with Crippen molar-refractivity contribution in [3.05, 3.63) is 87.9 Å². The Balaban J connectivity index is 2.21. The molecule has 0 fully saturated rings. The molecule has 34 heavy (non-hydrogen) atoms. The number of aryl methyl sites for hydroxylation is 4. The molecular weight excluding hydrogens is 430 g/mol. The Morgan fingerprint density at radius 2 is 1.76 bits per heavy atom. The van der Waals surface area contributed by atoms with Crippen LogP contribution in [0.4, 0.5) is 5.69 Å². The monoisotopic (exact) mass is 459 g/mol. The molecule has 176 valence electrons. The second-order valence-corrected chi connectivity index (χ2v) is 8.15. The van der Waals surface area contributed by atoms with Crippen LogP contribution in [0.25, 0.3) is 11.1 Å². The number of anilines is 1. The number of rotatable bonds is 7. The summed E-state index contributed by atoms with van der Waals surface area (Å²) in [5.74, 6) is 0.442. The molecule has 0 saturated carbocycles. The maximum atomic E-state index is 12.6. The Morgan fingerprint density at radius 3 is 2.38 bits per heavy atom. The summed E-state index contributed by atoms with van der Waals surface area (Å²) in [4.78, 5) is 37.0. The van der Waals surface area contributed by atoms with Gasteiger partial charge in [-0.3, -0.25) is 14.4 Å². The quantitative estimate of drug-likeness (QED) is 0.504. The molecule has 3 rings (SSSR count). The number of ether oxygens (including phenoxy) is 1. The molecule has 2 N–H and O–H groups in total. The van der Waals surface area contributed by atoms with Crippen LogP contribution >= 0.6 is 0 Å². The van der Waals surface area contributed by atoms with Crippen LogP contribution in [0, 0.1) is 20.8 Å². The van der Waals surface area contributed by atoms with E-state index in [4.69, 9.17) is 4.74 Å². The average molecular weight is 460 g/mol. The number of pyridine rings is 1. The van der Waals surface area contributed by atoms with Crippen LogP contribution in [-0.2, 0) is 11.8 Å². The summed E-state index contributed by atoms with van der Waals surface area (Å²) in [5.41, 5.74) is 4.45. The molecule has 1 heterocycles. The normalized spacial score (nSPS) is 10.5. The van der Waals surface area contributed by atoms with E-state index in [9.17, 15) is 14.4 Å². The zero-order valence-corrected chi connectivity index (χ0v) is 20.1. The maximum Gasteiger partial charge on any atom is 0.263 e. The lowest BCUT2D eigenvalue weighted by atomic mass is 10.0. The van der Waals surface area contributed by atoms with E-state index in [1.807, 2.05) is 32.9 Å². The van der Waals surface area contributed by atoms with Crippen LogP contribution in [0.1, 0.15) is 34.0 Å². The SMILES string of the molecule is C=CC(=O)Nc1ccc(Oc2c(C)cc(C)cc2C)c(-c2cc(C(=O)NCC)c(=O)n(C)c2)c1. The van der Waals surface area contributed by atoms with Crippen molar-refractivity contribution in [1.82, 2.24) is 9.88 Å². The first-order chi connectivity index (χ1) is 16.1. The minimum atomic E-state index is -0.450. The number of carbonyl (C=O) groups is 2. The van der Waals surface area contributed by atoms with Crippen molar-refractivity contribution in [1.29, 1.82) is 0 Å². The average Bonchev–Trinajstić information content (AvgIpc) is 2.78. The first-order valence-corrected chi connectivity index (χ1v) is 11.0. The Hall–Kier alpha value is -4.13. The molecule has 0 atom stereocenters. The van der Waals surface area contributed by atoms with Gasteiger partial charge in [-0.1, -0.05) is 24.3 Å². The summed E-state index contributed by atoms with van der Waals surface area (Å²) >= 11 is 0. The highest BCUT2D eigenvalue weighted by atomic mass is 16.5. The topological polar surface area (TPSA) is 89.4 Å². The number of benzene rings is 2. The van der Waals surface area contributed by atoms with E-state index in [0.717, 1.165) is 22.4 Å². The molecule has 7 heteroatoms. The molecule has 0 saturated heterocycles. The van der Waals surface area contributed by atoms with Gasteiger partial charge in [0.15, 0.2) is 0 Å². The van der Waals surface area contributed by atoms with Gasteiger partial charge in [0, 0.05) is 36.6 Å². The summed E-state index contributed by atoms with van der Waals surface area (Å²) in [6.45, 7) is 11.7. The number of aromatic nitrogens is 1. The number of hydrogen-bond acceptors (Lipinski definition) is 4. The van der Waals surface area contributed by atoms with Crippen LogP contribution in [0.3, 0.4) is 0 Å². The smallest absolute Gasteiger partial charge is 0.263 e. The summed E-state index contributed by atoms with van der Waals surface area (Å²) < 4.78 is 7.73. The molecule has 3 aromatic rings. The van der Waals surface area contributed by atoms with Gasteiger partial charge in [-0.05, 0) is 69.2 Å². The number of nitrogens with zero attached hydrogens (tertiary/aromatic N) is 1. The lowest BCUT2D eigenvalue weighted by Crippen LogP contribution is -2.32. The molecule has 0 aliphatic rings. The van der Waals surface area contributed by atoms with E-state index in [-0.39, 0.29) is 11.5 Å². The van der Waals surface area contributed by atoms with E-state index in [2.05, 4.69) is 17.2 Å². The molecule has 0 aliphatic heterocycles. The molecular formula is C27H29N3O4. The summed E-state index contributed by atoms with van der Waals surface area (Å²) in [6.07, 6.45) is 2.82. The van der Waals surface area contributed by atoms with Gasteiger partial charge in [-0.2, -0.15) is 0 Å². The van der Waals surface area contributed by atoms with E-state index < -0.39 is 11.5 Å². The van der Waals surface area contributed by atoms with Crippen molar-refractivity contribution >= 4 is 17.5 Å². The summed E-state index contributed by atoms with van der Waals surface area (Å²) in [5, 5.41) is 5.42. The van der Waals surface area contributed by atoms with Crippen molar-refractivity contribution in [3.63, 3.8) is 0 Å². The van der Waals surface area contributed by atoms with Crippen LogP contribution in [0.5, 0.6) is 11.5 Å². The molecule has 0 unspecified atom stereocenters. The molecule has 2 aromatic carbocycles. The zero-order chi connectivity index (χ0) is 25.0. The van der Waals surface area contributed by atoms with Gasteiger partial charge in [0.1, 0.15) is 17.1 Å². The fraction of sp³-hybridized carbons (Fsp3) is 0.222. The first-order valence-electron chi connectivity index (χ1n) is 11.0. The van der Waals surface area contributed by atoms with Crippen LogP contribution in [0.15, 0.2) is 60.0 Å². The van der Waals surface area contributed by atoms with Gasteiger partial charge in [0.05, 0.1) is 0 Å². The minimum absolute atomic E-state index is 0.0241. The number of hydrogen-bond donors (Lipinski definition) is 2. The third kappa shape index (κ3) is 5.26. The highest BCUT2D eigenvalue weighted by Gasteiger charge is 2.18. The highest BCUT2D eigenvalue weighted by Crippen LogP contribution is 2.38. The zero-order valence-electron chi connectivity index (χ0n) is 20.1. The van der Waals surface area contributed by atoms with Gasteiger partial charge >= 0.3 is 0 Å². The van der Waals surface area contributed by atoms with E-state index in [1.54, 1.807) is 44.4 Å². The predicted molar refractivity (Wildman–Crippen MR) is 135 cm³/mol. The maximum absolute atomic E-state index is 12.6. The largest absolute Gasteiger partial charge is 0.456 e. The summed E-state index contributed by atoms with van der Waals surface area (Å²) in [6, 6.07) is 10.9. The number of nitrogens with one attached hydrogen (secondary N) is 2. The van der Waals surface area contributed by atoms with E-state index in [0.29, 0.717) is 29.1 Å². The van der Waals surface area contributed by atoms with Crippen LogP contribution < -0.4 is 20.9 Å². The Bertz CT molecular complexity index is 1320. The Kier molecular flexibility index (Phi) is 7.36. The lowest BCUT2D eigenvalue weighted by Gasteiger charge is -2.18. The van der Waals surface area contributed by atoms with Crippen molar-refractivity contribution in [2.24, 2.45) is 7.05 Å². The molecule has 0 spiro atoms. The molecule has 1 aromatic heterocycles. The molecule has 7 nitrogen and oxygen atoms in total. The Morgan fingerprint density at radius 1 is 1.09 bits per heavy atom. The highest BCUT2D eigenvalue weighted by molar-refractivity contribution is 5.99. The third-order valence-corrected chi connectivity index (χ3v) is 5.33.